The number of carboxylic acid groups (broad SMARTS) is 1. The monoisotopic (exact) mass is 285 g/mol. The third kappa shape index (κ3) is 3.98. The molecule has 0 unspecified atom stereocenters. The van der Waals surface area contributed by atoms with Gasteiger partial charge in [0.1, 0.15) is 0 Å². The van der Waals surface area contributed by atoms with E-state index in [4.69, 9.17) is 5.11 Å². The molecule has 0 radical (unpaired) electrons. The molecule has 0 atom stereocenters. The van der Waals surface area contributed by atoms with Gasteiger partial charge in [0.2, 0.25) is 0 Å². The Morgan fingerprint density at radius 2 is 1.95 bits per heavy atom. The number of nitrogens with zero attached hydrogens (tertiary/aromatic N) is 3. The summed E-state index contributed by atoms with van der Waals surface area (Å²) in [7, 11) is 0. The lowest BCUT2D eigenvalue weighted by Gasteiger charge is -2.33. The summed E-state index contributed by atoms with van der Waals surface area (Å²) < 4.78 is 0. The van der Waals surface area contributed by atoms with E-state index in [9.17, 15) is 14.9 Å². The Morgan fingerprint density at radius 1 is 1.32 bits per heavy atom. The van der Waals surface area contributed by atoms with Crippen LogP contribution < -0.4 is 0 Å². The van der Waals surface area contributed by atoms with Crippen LogP contribution in [0.15, 0.2) is 12.1 Å². The van der Waals surface area contributed by atoms with E-state index >= 15 is 0 Å². The zero-order chi connectivity index (χ0) is 13.8. The van der Waals surface area contributed by atoms with Crippen LogP contribution in [-0.4, -0.2) is 58.5 Å². The van der Waals surface area contributed by atoms with Gasteiger partial charge in [-0.25, -0.2) is 0 Å². The van der Waals surface area contributed by atoms with Crippen molar-refractivity contribution in [2.75, 3.05) is 32.7 Å². The van der Waals surface area contributed by atoms with Crippen LogP contribution in [0.4, 0.5) is 5.00 Å². The quantitative estimate of drug-likeness (QED) is 0.637. The van der Waals surface area contributed by atoms with Crippen LogP contribution in [-0.2, 0) is 11.3 Å². The van der Waals surface area contributed by atoms with Crippen LogP contribution in [0.2, 0.25) is 0 Å². The molecule has 1 aliphatic heterocycles. The fourth-order valence-corrected chi connectivity index (χ4v) is 2.93. The lowest BCUT2D eigenvalue weighted by atomic mass is 10.3. The van der Waals surface area contributed by atoms with Crippen molar-refractivity contribution in [3.8, 4) is 0 Å². The van der Waals surface area contributed by atoms with Crippen molar-refractivity contribution >= 4 is 22.3 Å². The van der Waals surface area contributed by atoms with Crippen molar-refractivity contribution in [1.29, 1.82) is 0 Å². The number of hydrogen-bond donors (Lipinski definition) is 1. The normalized spacial score (nSPS) is 17.5. The van der Waals surface area contributed by atoms with Gasteiger partial charge in [0, 0.05) is 43.7 Å². The molecule has 1 N–H and O–H groups in total. The minimum atomic E-state index is -0.803. The smallest absolute Gasteiger partial charge is 0.324 e. The van der Waals surface area contributed by atoms with Crippen molar-refractivity contribution in [2.24, 2.45) is 0 Å². The van der Waals surface area contributed by atoms with Gasteiger partial charge in [-0.1, -0.05) is 11.3 Å². The van der Waals surface area contributed by atoms with E-state index in [-0.39, 0.29) is 16.5 Å². The zero-order valence-electron chi connectivity index (χ0n) is 10.3. The summed E-state index contributed by atoms with van der Waals surface area (Å²) in [6.07, 6.45) is 0. The van der Waals surface area contributed by atoms with Gasteiger partial charge in [0.15, 0.2) is 0 Å². The molecule has 7 nitrogen and oxygen atoms in total. The summed E-state index contributed by atoms with van der Waals surface area (Å²) in [5.74, 6) is -0.803. The summed E-state index contributed by atoms with van der Waals surface area (Å²) in [5, 5.41) is 19.5. The Balaban J connectivity index is 1.81. The summed E-state index contributed by atoms with van der Waals surface area (Å²) in [6.45, 7) is 3.80. The maximum Gasteiger partial charge on any atom is 0.324 e. The first-order chi connectivity index (χ1) is 9.04. The van der Waals surface area contributed by atoms with Gasteiger partial charge in [-0.15, -0.1) is 0 Å². The van der Waals surface area contributed by atoms with E-state index in [0.29, 0.717) is 6.54 Å². The van der Waals surface area contributed by atoms with Crippen LogP contribution in [0.3, 0.4) is 0 Å². The molecule has 2 rings (SSSR count). The molecule has 0 aliphatic carbocycles. The zero-order valence-corrected chi connectivity index (χ0v) is 11.1. The van der Waals surface area contributed by atoms with Crippen LogP contribution in [0.25, 0.3) is 0 Å². The van der Waals surface area contributed by atoms with Gasteiger partial charge in [-0.05, 0) is 6.07 Å². The Labute approximate surface area is 114 Å². The molecule has 0 spiro atoms. The molecule has 19 heavy (non-hydrogen) atoms. The molecule has 1 saturated heterocycles. The Morgan fingerprint density at radius 3 is 2.47 bits per heavy atom. The largest absolute Gasteiger partial charge is 0.480 e. The first-order valence-electron chi connectivity index (χ1n) is 5.94. The molecule has 0 saturated carbocycles. The van der Waals surface area contributed by atoms with Crippen molar-refractivity contribution in [2.45, 2.75) is 6.54 Å². The van der Waals surface area contributed by atoms with Gasteiger partial charge in [-0.3, -0.25) is 24.7 Å². The number of aliphatic carboxylic acids is 1. The van der Waals surface area contributed by atoms with Crippen LogP contribution in [0.1, 0.15) is 4.88 Å². The van der Waals surface area contributed by atoms with E-state index in [1.807, 2.05) is 4.90 Å². The number of rotatable bonds is 5. The van der Waals surface area contributed by atoms with Crippen LogP contribution in [0, 0.1) is 10.1 Å². The number of carbonyl (C=O) groups is 1. The topological polar surface area (TPSA) is 86.9 Å². The molecule has 1 aromatic rings. The lowest BCUT2D eigenvalue weighted by Crippen LogP contribution is -2.47. The Kier molecular flexibility index (Phi) is 4.46. The van der Waals surface area contributed by atoms with E-state index in [1.54, 1.807) is 6.07 Å². The van der Waals surface area contributed by atoms with E-state index in [1.165, 1.54) is 17.4 Å². The summed E-state index contributed by atoms with van der Waals surface area (Å²) in [5.41, 5.74) is 0. The van der Waals surface area contributed by atoms with Gasteiger partial charge in [0.25, 0.3) is 0 Å². The minimum Gasteiger partial charge on any atom is -0.480 e. The first-order valence-corrected chi connectivity index (χ1v) is 6.76. The predicted molar refractivity (Wildman–Crippen MR) is 70.3 cm³/mol. The Hall–Kier alpha value is -1.51. The van der Waals surface area contributed by atoms with Crippen molar-refractivity contribution in [3.05, 3.63) is 27.1 Å². The molecule has 1 aromatic heterocycles. The predicted octanol–water partition coefficient (Wildman–Crippen LogP) is 0.859. The Bertz CT molecular complexity index is 468. The van der Waals surface area contributed by atoms with Crippen molar-refractivity contribution < 1.29 is 14.8 Å². The van der Waals surface area contributed by atoms with Crippen LogP contribution >= 0.6 is 11.3 Å². The standard InChI is InChI=1S/C11H15N3O4S/c15-11(16)8-13-5-3-12(4-6-13)7-9-1-2-10(19-9)14(17)18/h1-2H,3-8H2,(H,15,16). The van der Waals surface area contributed by atoms with Crippen molar-refractivity contribution in [1.82, 2.24) is 9.80 Å². The molecule has 8 heteroatoms. The first kappa shape index (κ1) is 13.9. The summed E-state index contributed by atoms with van der Waals surface area (Å²) in [6, 6.07) is 3.31. The van der Waals surface area contributed by atoms with Gasteiger partial charge < -0.3 is 5.11 Å². The number of carboxylic acids is 1. The fourth-order valence-electron chi connectivity index (χ4n) is 2.07. The van der Waals surface area contributed by atoms with Crippen molar-refractivity contribution in [3.63, 3.8) is 0 Å². The molecule has 0 amide bonds. The highest BCUT2D eigenvalue weighted by Gasteiger charge is 2.19. The number of hydrogen-bond acceptors (Lipinski definition) is 6. The highest BCUT2D eigenvalue weighted by atomic mass is 32.1. The maximum atomic E-state index is 10.6. The van der Waals surface area contributed by atoms with E-state index in [0.717, 1.165) is 31.1 Å². The SMILES string of the molecule is O=C(O)CN1CCN(Cc2ccc([N+](=O)[O-])s2)CC1. The number of nitro groups is 1. The maximum absolute atomic E-state index is 10.6. The molecular weight excluding hydrogens is 270 g/mol. The van der Waals surface area contributed by atoms with Gasteiger partial charge in [-0.2, -0.15) is 0 Å². The highest BCUT2D eigenvalue weighted by Crippen LogP contribution is 2.25. The van der Waals surface area contributed by atoms with Gasteiger partial charge >= 0.3 is 11.0 Å². The number of thiophene rings is 1. The second-order valence-corrected chi connectivity index (χ2v) is 5.59. The molecule has 1 aliphatic rings. The van der Waals surface area contributed by atoms with E-state index in [2.05, 4.69) is 4.90 Å². The molecule has 0 bridgehead atoms. The van der Waals surface area contributed by atoms with Gasteiger partial charge in [0.05, 0.1) is 11.5 Å². The molecule has 0 aromatic carbocycles. The number of piperazine rings is 1. The third-order valence-corrected chi connectivity index (χ3v) is 4.05. The second kappa shape index (κ2) is 6.09. The third-order valence-electron chi connectivity index (χ3n) is 3.03. The fraction of sp³-hybridized carbons (Fsp3) is 0.545. The summed E-state index contributed by atoms with van der Waals surface area (Å²) >= 11 is 1.20. The molecule has 1 fully saturated rings. The molecule has 104 valence electrons. The van der Waals surface area contributed by atoms with Crippen LogP contribution in [0.5, 0.6) is 0 Å². The molecular formula is C11H15N3O4S. The average molecular weight is 285 g/mol. The summed E-state index contributed by atoms with van der Waals surface area (Å²) in [4.78, 5) is 25.9. The minimum absolute atomic E-state index is 0.0817. The average Bonchev–Trinajstić information content (AvgIpc) is 2.80. The highest BCUT2D eigenvalue weighted by molar-refractivity contribution is 7.15. The molecule has 2 heterocycles. The lowest BCUT2D eigenvalue weighted by molar-refractivity contribution is -0.380. The second-order valence-electron chi connectivity index (χ2n) is 4.44. The van der Waals surface area contributed by atoms with E-state index < -0.39 is 5.97 Å².